The number of aliphatic hydroxyl groups excluding tert-OH is 1. The van der Waals surface area contributed by atoms with Gasteiger partial charge < -0.3 is 15.7 Å². The molecule has 1 amide bonds. The average Bonchev–Trinajstić information content (AvgIpc) is 2.59. The molecule has 0 radical (unpaired) electrons. The highest BCUT2D eigenvalue weighted by molar-refractivity contribution is 5.85. The van der Waals surface area contributed by atoms with Crippen molar-refractivity contribution in [3.05, 3.63) is 35.4 Å². The van der Waals surface area contributed by atoms with Gasteiger partial charge in [-0.2, -0.15) is 13.2 Å². The second kappa shape index (κ2) is 7.72. The molecule has 25 heavy (non-hydrogen) atoms. The van der Waals surface area contributed by atoms with Crippen molar-refractivity contribution in [1.29, 1.82) is 0 Å². The molecule has 1 aromatic carbocycles. The van der Waals surface area contributed by atoms with Gasteiger partial charge in [0, 0.05) is 32.7 Å². The van der Waals surface area contributed by atoms with Gasteiger partial charge in [-0.3, -0.25) is 9.69 Å². The predicted octanol–water partition coefficient (Wildman–Crippen LogP) is 1.54. The van der Waals surface area contributed by atoms with Crippen LogP contribution in [0.3, 0.4) is 0 Å². The van der Waals surface area contributed by atoms with E-state index in [0.29, 0.717) is 0 Å². The van der Waals surface area contributed by atoms with Crippen molar-refractivity contribution < 1.29 is 23.1 Å². The van der Waals surface area contributed by atoms with Crippen LogP contribution in [0.4, 0.5) is 13.2 Å². The largest absolute Gasteiger partial charge is 0.416 e. The topological polar surface area (TPSA) is 64.6 Å². The van der Waals surface area contributed by atoms with E-state index in [1.54, 1.807) is 13.8 Å². The molecule has 5 nitrogen and oxygen atoms in total. The summed E-state index contributed by atoms with van der Waals surface area (Å²) in [4.78, 5) is 14.5. The van der Waals surface area contributed by atoms with Crippen LogP contribution >= 0.6 is 0 Å². The van der Waals surface area contributed by atoms with Gasteiger partial charge in [0.1, 0.15) is 0 Å². The van der Waals surface area contributed by atoms with Crippen molar-refractivity contribution in [2.75, 3.05) is 32.7 Å². The molecule has 0 bridgehead atoms. The summed E-state index contributed by atoms with van der Waals surface area (Å²) in [6.45, 7) is 6.50. The van der Waals surface area contributed by atoms with Gasteiger partial charge in [0.05, 0.1) is 17.2 Å². The fraction of sp³-hybridized carbons (Fsp3) is 0.588. The minimum absolute atomic E-state index is 0.120. The summed E-state index contributed by atoms with van der Waals surface area (Å²) in [6, 6.07) is 4.50. The molecule has 2 rings (SSSR count). The summed E-state index contributed by atoms with van der Waals surface area (Å²) >= 11 is 0. The average molecular weight is 359 g/mol. The van der Waals surface area contributed by atoms with Gasteiger partial charge in [0.25, 0.3) is 0 Å². The quantitative estimate of drug-likeness (QED) is 0.746. The minimum atomic E-state index is -4.47. The highest BCUT2D eigenvalue weighted by Crippen LogP contribution is 2.30. The number of piperazine rings is 1. The Morgan fingerprint density at radius 1 is 1.32 bits per heavy atom. The second-order valence-electron chi connectivity index (χ2n) is 6.65. The van der Waals surface area contributed by atoms with Crippen molar-refractivity contribution in [2.24, 2.45) is 0 Å². The van der Waals surface area contributed by atoms with Gasteiger partial charge in [0.15, 0.2) is 0 Å². The molecule has 1 aliphatic heterocycles. The molecule has 0 aliphatic carbocycles. The lowest BCUT2D eigenvalue weighted by Crippen LogP contribution is -2.60. The normalized spacial score (nSPS) is 18.0. The lowest BCUT2D eigenvalue weighted by atomic mass is 10.00. The van der Waals surface area contributed by atoms with Crippen molar-refractivity contribution >= 4 is 5.91 Å². The Kier molecular flexibility index (Phi) is 6.08. The lowest BCUT2D eigenvalue weighted by molar-refractivity contribution is -0.137. The molecule has 0 spiro atoms. The maximum atomic E-state index is 12.7. The third kappa shape index (κ3) is 4.93. The van der Waals surface area contributed by atoms with Crippen molar-refractivity contribution in [3.8, 4) is 0 Å². The third-order valence-electron chi connectivity index (χ3n) is 4.52. The molecule has 1 saturated heterocycles. The Balaban J connectivity index is 1.97. The maximum absolute atomic E-state index is 12.7. The molecule has 1 aliphatic rings. The van der Waals surface area contributed by atoms with Crippen LogP contribution < -0.4 is 10.6 Å². The van der Waals surface area contributed by atoms with Crippen LogP contribution in [0.2, 0.25) is 0 Å². The number of carbonyl (C=O) groups is 1. The third-order valence-corrected chi connectivity index (χ3v) is 4.52. The number of rotatable bonds is 5. The summed E-state index contributed by atoms with van der Waals surface area (Å²) in [5.41, 5.74) is -1.46. The van der Waals surface area contributed by atoms with Gasteiger partial charge >= 0.3 is 6.18 Å². The number of nitrogens with zero attached hydrogens (tertiary/aromatic N) is 1. The number of alkyl halides is 3. The molecule has 1 fully saturated rings. The van der Waals surface area contributed by atoms with Crippen LogP contribution in [0.5, 0.6) is 0 Å². The molecular weight excluding hydrogens is 335 g/mol. The van der Waals surface area contributed by atoms with E-state index in [1.165, 1.54) is 12.1 Å². The zero-order chi connectivity index (χ0) is 18.7. The fourth-order valence-corrected chi connectivity index (χ4v) is 2.81. The lowest BCUT2D eigenvalue weighted by Gasteiger charge is -2.39. The molecule has 1 aromatic rings. The van der Waals surface area contributed by atoms with E-state index in [1.807, 2.05) is 4.90 Å². The monoisotopic (exact) mass is 359 g/mol. The molecule has 1 unspecified atom stereocenters. The van der Waals surface area contributed by atoms with Gasteiger partial charge in [-0.25, -0.2) is 0 Å². The van der Waals surface area contributed by atoms with E-state index < -0.39 is 23.4 Å². The Morgan fingerprint density at radius 3 is 2.56 bits per heavy atom. The van der Waals surface area contributed by atoms with Crippen molar-refractivity contribution in [1.82, 2.24) is 15.5 Å². The zero-order valence-corrected chi connectivity index (χ0v) is 14.4. The van der Waals surface area contributed by atoms with E-state index in [2.05, 4.69) is 10.6 Å². The molecule has 8 heteroatoms. The van der Waals surface area contributed by atoms with E-state index in [9.17, 15) is 23.1 Å². The van der Waals surface area contributed by atoms with Gasteiger partial charge in [0.2, 0.25) is 5.91 Å². The van der Waals surface area contributed by atoms with Crippen molar-refractivity contribution in [2.45, 2.75) is 31.7 Å². The minimum Gasteiger partial charge on any atom is -0.387 e. The van der Waals surface area contributed by atoms with E-state index in [4.69, 9.17) is 0 Å². The number of aliphatic hydroxyl groups is 1. The first-order valence-corrected chi connectivity index (χ1v) is 8.21. The standard InChI is InChI=1S/C17H24F3N3O2/c1-16(2,23-8-6-21-7-9-23)15(25)22-11-14(24)12-4-3-5-13(10-12)17(18,19)20/h3-5,10,14,21,24H,6-9,11H2,1-2H3,(H,22,25). The Labute approximate surface area is 145 Å². The Morgan fingerprint density at radius 2 is 1.96 bits per heavy atom. The van der Waals surface area contributed by atoms with Gasteiger partial charge in [-0.15, -0.1) is 0 Å². The van der Waals surface area contributed by atoms with Gasteiger partial charge in [-0.1, -0.05) is 12.1 Å². The molecule has 0 saturated carbocycles. The summed E-state index contributed by atoms with van der Waals surface area (Å²) in [7, 11) is 0. The zero-order valence-electron chi connectivity index (χ0n) is 14.4. The van der Waals surface area contributed by atoms with Crippen LogP contribution in [-0.4, -0.2) is 54.2 Å². The summed E-state index contributed by atoms with van der Waals surface area (Å²) in [5, 5.41) is 16.0. The van der Waals surface area contributed by atoms with Crippen LogP contribution in [0, 0.1) is 0 Å². The Bertz CT molecular complexity index is 599. The van der Waals surface area contributed by atoms with E-state index in [0.717, 1.165) is 38.3 Å². The molecular formula is C17H24F3N3O2. The Hall–Kier alpha value is -1.64. The molecule has 0 aromatic heterocycles. The first kappa shape index (κ1) is 19.7. The van der Waals surface area contributed by atoms with E-state index in [-0.39, 0.29) is 18.0 Å². The second-order valence-corrected chi connectivity index (χ2v) is 6.65. The summed E-state index contributed by atoms with van der Waals surface area (Å²) < 4.78 is 38.2. The van der Waals surface area contributed by atoms with E-state index >= 15 is 0 Å². The molecule has 1 atom stereocenters. The summed E-state index contributed by atoms with van der Waals surface area (Å²) in [6.07, 6.45) is -5.67. The van der Waals surface area contributed by atoms with Crippen LogP contribution in [-0.2, 0) is 11.0 Å². The van der Waals surface area contributed by atoms with Gasteiger partial charge in [-0.05, 0) is 31.5 Å². The molecule has 1 heterocycles. The smallest absolute Gasteiger partial charge is 0.387 e. The number of nitrogens with one attached hydrogen (secondary N) is 2. The highest BCUT2D eigenvalue weighted by Gasteiger charge is 2.35. The first-order valence-electron chi connectivity index (χ1n) is 8.21. The molecule has 140 valence electrons. The highest BCUT2D eigenvalue weighted by atomic mass is 19.4. The molecule has 3 N–H and O–H groups in total. The maximum Gasteiger partial charge on any atom is 0.416 e. The number of benzene rings is 1. The van der Waals surface area contributed by atoms with Crippen molar-refractivity contribution in [3.63, 3.8) is 0 Å². The SMILES string of the molecule is CC(C)(C(=O)NCC(O)c1cccc(C(F)(F)F)c1)N1CCNCC1. The number of hydrogen-bond donors (Lipinski definition) is 3. The first-order chi connectivity index (χ1) is 11.6. The number of halogens is 3. The van der Waals surface area contributed by atoms with Crippen LogP contribution in [0.25, 0.3) is 0 Å². The number of amides is 1. The number of carbonyl (C=O) groups excluding carboxylic acids is 1. The van der Waals surface area contributed by atoms with Crippen LogP contribution in [0.1, 0.15) is 31.1 Å². The fourth-order valence-electron chi connectivity index (χ4n) is 2.81. The predicted molar refractivity (Wildman–Crippen MR) is 87.9 cm³/mol. The summed E-state index contributed by atoms with van der Waals surface area (Å²) in [5.74, 6) is -0.263. The number of hydrogen-bond acceptors (Lipinski definition) is 4. The van der Waals surface area contributed by atoms with Crippen LogP contribution in [0.15, 0.2) is 24.3 Å².